The van der Waals surface area contributed by atoms with E-state index < -0.39 is 0 Å². The average Bonchev–Trinajstić information content (AvgIpc) is 2.88. The molecule has 0 radical (unpaired) electrons. The van der Waals surface area contributed by atoms with Gasteiger partial charge in [-0.05, 0) is 44.4 Å². The zero-order chi connectivity index (χ0) is 17.0. The van der Waals surface area contributed by atoms with Gasteiger partial charge in [-0.1, -0.05) is 19.1 Å². The van der Waals surface area contributed by atoms with Gasteiger partial charge in [-0.3, -0.25) is 9.59 Å². The largest absolute Gasteiger partial charge is 0.351 e. The molecule has 0 unspecified atom stereocenters. The van der Waals surface area contributed by atoms with Crippen LogP contribution in [0, 0.1) is 11.7 Å². The summed E-state index contributed by atoms with van der Waals surface area (Å²) in [7, 11) is 0. The third-order valence-electron chi connectivity index (χ3n) is 4.51. The molecular weight excluding hydrogens is 295 g/mol. The minimum atomic E-state index is -0.276. The topological polar surface area (TPSA) is 49.4 Å². The van der Waals surface area contributed by atoms with Crippen LogP contribution in [-0.4, -0.2) is 35.3 Å². The van der Waals surface area contributed by atoms with Crippen molar-refractivity contribution in [3.05, 3.63) is 35.6 Å². The summed E-state index contributed by atoms with van der Waals surface area (Å²) < 4.78 is 12.9. The van der Waals surface area contributed by atoms with Crippen LogP contribution in [0.25, 0.3) is 0 Å². The van der Waals surface area contributed by atoms with Crippen LogP contribution in [0.5, 0.6) is 0 Å². The zero-order valence-corrected chi connectivity index (χ0v) is 14.1. The van der Waals surface area contributed by atoms with E-state index in [2.05, 4.69) is 5.32 Å². The summed E-state index contributed by atoms with van der Waals surface area (Å²) in [6.07, 6.45) is 1.78. The quantitative estimate of drug-likeness (QED) is 0.875. The van der Waals surface area contributed by atoms with E-state index in [9.17, 15) is 14.0 Å². The third kappa shape index (κ3) is 4.78. The van der Waals surface area contributed by atoms with Crippen molar-refractivity contribution in [1.82, 2.24) is 10.2 Å². The fraction of sp³-hybridized carbons (Fsp3) is 0.556. The molecule has 0 aliphatic carbocycles. The van der Waals surface area contributed by atoms with Gasteiger partial charge < -0.3 is 10.2 Å². The molecule has 1 aliphatic heterocycles. The maximum absolute atomic E-state index is 12.9. The van der Waals surface area contributed by atoms with Crippen molar-refractivity contribution in [2.75, 3.05) is 13.1 Å². The molecule has 5 heteroatoms. The molecule has 1 fully saturated rings. The average molecular weight is 320 g/mol. The number of hydrogen-bond acceptors (Lipinski definition) is 2. The minimum absolute atomic E-state index is 0.0153. The highest BCUT2D eigenvalue weighted by Gasteiger charge is 2.35. The molecule has 23 heavy (non-hydrogen) atoms. The maximum Gasteiger partial charge on any atom is 0.225 e. The summed E-state index contributed by atoms with van der Waals surface area (Å²) in [6, 6.07) is 6.29. The number of amides is 2. The Labute approximate surface area is 137 Å². The summed E-state index contributed by atoms with van der Waals surface area (Å²) in [5.74, 6) is -0.570. The summed E-state index contributed by atoms with van der Waals surface area (Å²) in [4.78, 5) is 26.1. The molecule has 4 nitrogen and oxygen atoms in total. The lowest BCUT2D eigenvalue weighted by atomic mass is 9.99. The third-order valence-corrected chi connectivity index (χ3v) is 4.51. The van der Waals surface area contributed by atoms with Crippen molar-refractivity contribution in [2.24, 2.45) is 5.92 Å². The predicted molar refractivity (Wildman–Crippen MR) is 87.3 cm³/mol. The van der Waals surface area contributed by atoms with E-state index in [0.717, 1.165) is 12.0 Å². The highest BCUT2D eigenvalue weighted by molar-refractivity contribution is 5.89. The van der Waals surface area contributed by atoms with Crippen molar-refractivity contribution >= 4 is 11.8 Å². The van der Waals surface area contributed by atoms with Crippen LogP contribution in [0.15, 0.2) is 24.3 Å². The van der Waals surface area contributed by atoms with Gasteiger partial charge >= 0.3 is 0 Å². The second-order valence-corrected chi connectivity index (χ2v) is 6.84. The number of likely N-dealkylation sites (tertiary alicyclic amines) is 1. The summed E-state index contributed by atoms with van der Waals surface area (Å²) in [5.41, 5.74) is 0.737. The highest BCUT2D eigenvalue weighted by Crippen LogP contribution is 2.20. The lowest BCUT2D eigenvalue weighted by Crippen LogP contribution is -2.46. The second kappa shape index (κ2) is 7.11. The summed E-state index contributed by atoms with van der Waals surface area (Å²) in [6.45, 7) is 7.01. The first kappa shape index (κ1) is 17.4. The molecule has 0 bridgehead atoms. The molecular formula is C18H25FN2O2. The number of halogens is 1. The van der Waals surface area contributed by atoms with Gasteiger partial charge in [0, 0.05) is 25.0 Å². The van der Waals surface area contributed by atoms with Crippen molar-refractivity contribution < 1.29 is 14.0 Å². The number of rotatable bonds is 6. The van der Waals surface area contributed by atoms with Crippen LogP contribution in [0.1, 0.15) is 39.2 Å². The fourth-order valence-electron chi connectivity index (χ4n) is 2.60. The van der Waals surface area contributed by atoms with E-state index in [1.165, 1.54) is 12.1 Å². The Morgan fingerprint density at radius 2 is 2.00 bits per heavy atom. The van der Waals surface area contributed by atoms with E-state index in [0.29, 0.717) is 19.5 Å². The van der Waals surface area contributed by atoms with Crippen molar-refractivity contribution in [1.29, 1.82) is 0 Å². The Hall–Kier alpha value is -1.91. The Morgan fingerprint density at radius 1 is 1.35 bits per heavy atom. The molecule has 0 saturated carbocycles. The molecule has 1 heterocycles. The molecule has 1 aliphatic rings. The second-order valence-electron chi connectivity index (χ2n) is 6.84. The first-order valence-corrected chi connectivity index (χ1v) is 8.15. The van der Waals surface area contributed by atoms with E-state index in [1.807, 2.05) is 20.8 Å². The molecule has 1 aromatic rings. The fourth-order valence-corrected chi connectivity index (χ4v) is 2.60. The van der Waals surface area contributed by atoms with Gasteiger partial charge in [-0.15, -0.1) is 0 Å². The number of benzene rings is 1. The first-order valence-electron chi connectivity index (χ1n) is 8.15. The molecule has 0 spiro atoms. The van der Waals surface area contributed by atoms with E-state index in [-0.39, 0.29) is 35.5 Å². The van der Waals surface area contributed by atoms with Gasteiger partial charge in [0.1, 0.15) is 5.82 Å². The molecule has 1 N–H and O–H groups in total. The SMILES string of the molecule is CCC(C)(C)NC(=O)[C@H]1CC(=O)N(CCc2ccc(F)cc2)C1. The van der Waals surface area contributed by atoms with E-state index in [1.54, 1.807) is 17.0 Å². The van der Waals surface area contributed by atoms with Crippen molar-refractivity contribution in [3.8, 4) is 0 Å². The first-order chi connectivity index (χ1) is 10.8. The zero-order valence-electron chi connectivity index (χ0n) is 14.1. The molecule has 1 aromatic carbocycles. The van der Waals surface area contributed by atoms with Crippen LogP contribution < -0.4 is 5.32 Å². The van der Waals surface area contributed by atoms with Crippen LogP contribution >= 0.6 is 0 Å². The van der Waals surface area contributed by atoms with Gasteiger partial charge in [-0.2, -0.15) is 0 Å². The van der Waals surface area contributed by atoms with Crippen LogP contribution in [-0.2, 0) is 16.0 Å². The minimum Gasteiger partial charge on any atom is -0.351 e. The van der Waals surface area contributed by atoms with Crippen molar-refractivity contribution in [3.63, 3.8) is 0 Å². The van der Waals surface area contributed by atoms with Crippen molar-refractivity contribution in [2.45, 2.75) is 45.6 Å². The lowest BCUT2D eigenvalue weighted by molar-refractivity contribution is -0.129. The molecule has 1 atom stereocenters. The van der Waals surface area contributed by atoms with Gasteiger partial charge in [0.15, 0.2) is 0 Å². The lowest BCUT2D eigenvalue weighted by Gasteiger charge is -2.26. The molecule has 0 aromatic heterocycles. The Morgan fingerprint density at radius 3 is 2.61 bits per heavy atom. The Bertz CT molecular complexity index is 569. The number of nitrogens with one attached hydrogen (secondary N) is 1. The van der Waals surface area contributed by atoms with E-state index in [4.69, 9.17) is 0 Å². The predicted octanol–water partition coefficient (Wildman–Crippen LogP) is 2.52. The normalized spacial score (nSPS) is 18.3. The summed E-state index contributed by atoms with van der Waals surface area (Å²) >= 11 is 0. The van der Waals surface area contributed by atoms with Crippen LogP contribution in [0.4, 0.5) is 4.39 Å². The number of nitrogens with zero attached hydrogens (tertiary/aromatic N) is 1. The van der Waals surface area contributed by atoms with Crippen LogP contribution in [0.3, 0.4) is 0 Å². The Balaban J connectivity index is 1.87. The van der Waals surface area contributed by atoms with Crippen LogP contribution in [0.2, 0.25) is 0 Å². The number of carbonyl (C=O) groups excluding carboxylic acids is 2. The highest BCUT2D eigenvalue weighted by atomic mass is 19.1. The number of carbonyl (C=O) groups is 2. The maximum atomic E-state index is 12.9. The van der Waals surface area contributed by atoms with Gasteiger partial charge in [0.05, 0.1) is 5.92 Å². The number of hydrogen-bond donors (Lipinski definition) is 1. The van der Waals surface area contributed by atoms with Gasteiger partial charge in [0.2, 0.25) is 11.8 Å². The smallest absolute Gasteiger partial charge is 0.225 e. The van der Waals surface area contributed by atoms with E-state index >= 15 is 0 Å². The molecule has 2 rings (SSSR count). The van der Waals surface area contributed by atoms with Gasteiger partial charge in [0.25, 0.3) is 0 Å². The van der Waals surface area contributed by atoms with Gasteiger partial charge in [-0.25, -0.2) is 4.39 Å². The standard InChI is InChI=1S/C18H25FN2O2/c1-4-18(2,3)20-17(23)14-11-16(22)21(12-14)10-9-13-5-7-15(19)8-6-13/h5-8,14H,4,9-12H2,1-3H3,(H,20,23)/t14-/m0/s1. The Kier molecular flexibility index (Phi) is 5.39. The molecule has 126 valence electrons. The molecule has 2 amide bonds. The molecule has 1 saturated heterocycles. The summed E-state index contributed by atoms with van der Waals surface area (Å²) in [5, 5.41) is 3.01. The monoisotopic (exact) mass is 320 g/mol.